The van der Waals surface area contributed by atoms with E-state index in [1.165, 1.54) is 18.4 Å². The molecule has 140 valence electrons. The fourth-order valence-electron chi connectivity index (χ4n) is 4.83. The van der Waals surface area contributed by atoms with Crippen LogP contribution in [0.25, 0.3) is 11.0 Å². The number of fused-ring (bicyclic) bond motifs is 3. The van der Waals surface area contributed by atoms with E-state index in [0.717, 1.165) is 24.9 Å². The highest BCUT2D eigenvalue weighted by molar-refractivity contribution is 5.75. The number of piperidine rings is 1. The van der Waals surface area contributed by atoms with Gasteiger partial charge in [0, 0.05) is 37.9 Å². The van der Waals surface area contributed by atoms with Gasteiger partial charge < -0.3 is 10.3 Å². The first-order valence-corrected chi connectivity index (χ1v) is 9.79. The van der Waals surface area contributed by atoms with E-state index in [9.17, 15) is 4.79 Å². The molecule has 0 spiro atoms. The Kier molecular flexibility index (Phi) is 4.01. The molecule has 2 aromatic heterocycles. The Hall–Kier alpha value is -2.60. The van der Waals surface area contributed by atoms with Crippen LogP contribution in [0.15, 0.2) is 47.4 Å². The van der Waals surface area contributed by atoms with E-state index in [1.807, 2.05) is 6.07 Å². The monoisotopic (exact) mass is 363 g/mol. The van der Waals surface area contributed by atoms with Gasteiger partial charge in [-0.25, -0.2) is 4.98 Å². The quantitative estimate of drug-likeness (QED) is 0.748. The molecule has 0 amide bonds. The van der Waals surface area contributed by atoms with Gasteiger partial charge >= 0.3 is 0 Å². The molecule has 0 saturated carbocycles. The van der Waals surface area contributed by atoms with E-state index < -0.39 is 0 Å². The molecule has 4 heterocycles. The molecular formula is C21H25N5O. The fraction of sp³-hybridized carbons (Fsp3) is 0.429. The number of nitrogens with zero attached hydrogens (tertiary/aromatic N) is 3. The summed E-state index contributed by atoms with van der Waals surface area (Å²) in [4.78, 5) is 22.8. The zero-order chi connectivity index (χ0) is 18.4. The largest absolute Gasteiger partial charge is 0.355 e. The molecule has 2 saturated heterocycles. The summed E-state index contributed by atoms with van der Waals surface area (Å²) in [5.74, 6) is 0.674. The minimum atomic E-state index is -0.0306. The van der Waals surface area contributed by atoms with Crippen LogP contribution in [0.1, 0.15) is 31.2 Å². The summed E-state index contributed by atoms with van der Waals surface area (Å²) in [5.41, 5.74) is 2.66. The van der Waals surface area contributed by atoms with Crippen LogP contribution in [-0.2, 0) is 13.6 Å². The van der Waals surface area contributed by atoms with Gasteiger partial charge in [-0.1, -0.05) is 30.3 Å². The average molecular weight is 363 g/mol. The number of H-pyrrole nitrogens is 1. The van der Waals surface area contributed by atoms with Gasteiger partial charge in [-0.15, -0.1) is 0 Å². The molecule has 0 aliphatic carbocycles. The van der Waals surface area contributed by atoms with Gasteiger partial charge in [0.1, 0.15) is 5.52 Å². The first kappa shape index (κ1) is 16.6. The highest BCUT2D eigenvalue weighted by Gasteiger charge is 2.40. The zero-order valence-electron chi connectivity index (χ0n) is 15.6. The molecule has 3 aromatic rings. The molecule has 5 rings (SSSR count). The molecule has 0 radical (unpaired) electrons. The normalized spacial score (nSPS) is 25.1. The second kappa shape index (κ2) is 6.53. The van der Waals surface area contributed by atoms with Crippen molar-refractivity contribution in [3.8, 4) is 0 Å². The van der Waals surface area contributed by atoms with Crippen molar-refractivity contribution in [3.05, 3.63) is 58.5 Å². The van der Waals surface area contributed by atoms with E-state index in [1.54, 1.807) is 17.8 Å². The fourth-order valence-corrected chi connectivity index (χ4v) is 4.83. The number of benzene rings is 1. The van der Waals surface area contributed by atoms with Gasteiger partial charge in [0.2, 0.25) is 5.95 Å². The standard InChI is InChI=1S/C21H25N5O/c1-25-20(27)19-18(9-10-22-19)24-21(25)23-15-11-16-7-8-17(12-15)26(16)13-14-5-3-2-4-6-14/h2-6,9-10,15-17,22H,7-8,11-13H2,1H3,(H,23,24)/t15?,16-,17+. The maximum atomic E-state index is 12.5. The van der Waals surface area contributed by atoms with Crippen molar-refractivity contribution in [2.24, 2.45) is 7.05 Å². The van der Waals surface area contributed by atoms with Crippen molar-refractivity contribution in [2.75, 3.05) is 5.32 Å². The summed E-state index contributed by atoms with van der Waals surface area (Å²) in [6.45, 7) is 1.04. The van der Waals surface area contributed by atoms with E-state index in [4.69, 9.17) is 0 Å². The Morgan fingerprint density at radius 1 is 1.15 bits per heavy atom. The second-order valence-corrected chi connectivity index (χ2v) is 7.89. The minimum Gasteiger partial charge on any atom is -0.355 e. The molecule has 2 N–H and O–H groups in total. The Morgan fingerprint density at radius 2 is 1.89 bits per heavy atom. The van der Waals surface area contributed by atoms with Crippen LogP contribution in [0.5, 0.6) is 0 Å². The van der Waals surface area contributed by atoms with Crippen LogP contribution in [0.4, 0.5) is 5.95 Å². The predicted octanol–water partition coefficient (Wildman–Crippen LogP) is 2.87. The zero-order valence-corrected chi connectivity index (χ0v) is 15.6. The van der Waals surface area contributed by atoms with Gasteiger partial charge in [-0.2, -0.15) is 0 Å². The number of aromatic amines is 1. The van der Waals surface area contributed by atoms with E-state index >= 15 is 0 Å². The summed E-state index contributed by atoms with van der Waals surface area (Å²) in [6, 6.07) is 14.2. The highest BCUT2D eigenvalue weighted by Crippen LogP contribution is 2.37. The molecule has 6 heteroatoms. The summed E-state index contributed by atoms with van der Waals surface area (Å²) >= 11 is 0. The molecule has 2 aliphatic rings. The van der Waals surface area contributed by atoms with Crippen LogP contribution in [0.3, 0.4) is 0 Å². The van der Waals surface area contributed by atoms with Crippen molar-refractivity contribution < 1.29 is 0 Å². The summed E-state index contributed by atoms with van der Waals surface area (Å²) in [7, 11) is 1.79. The maximum absolute atomic E-state index is 12.5. The van der Waals surface area contributed by atoms with E-state index in [0.29, 0.717) is 29.6 Å². The number of rotatable bonds is 4. The lowest BCUT2D eigenvalue weighted by Gasteiger charge is -2.39. The van der Waals surface area contributed by atoms with Crippen LogP contribution in [0, 0.1) is 0 Å². The lowest BCUT2D eigenvalue weighted by atomic mass is 9.96. The highest BCUT2D eigenvalue weighted by atomic mass is 16.1. The molecule has 6 nitrogen and oxygen atoms in total. The maximum Gasteiger partial charge on any atom is 0.278 e. The third-order valence-corrected chi connectivity index (χ3v) is 6.21. The van der Waals surface area contributed by atoms with Crippen LogP contribution >= 0.6 is 0 Å². The molecule has 1 aromatic carbocycles. The van der Waals surface area contributed by atoms with E-state index in [-0.39, 0.29) is 5.56 Å². The van der Waals surface area contributed by atoms with Crippen molar-refractivity contribution >= 4 is 17.0 Å². The number of hydrogen-bond donors (Lipinski definition) is 2. The summed E-state index contributed by atoms with van der Waals surface area (Å²) < 4.78 is 1.62. The van der Waals surface area contributed by atoms with Crippen molar-refractivity contribution in [3.63, 3.8) is 0 Å². The van der Waals surface area contributed by atoms with Crippen LogP contribution in [-0.4, -0.2) is 37.6 Å². The molecule has 1 unspecified atom stereocenters. The Bertz CT molecular complexity index is 994. The number of aromatic nitrogens is 3. The molecule has 2 fully saturated rings. The first-order valence-electron chi connectivity index (χ1n) is 9.79. The third-order valence-electron chi connectivity index (χ3n) is 6.21. The number of nitrogens with one attached hydrogen (secondary N) is 2. The van der Waals surface area contributed by atoms with Crippen molar-refractivity contribution in [1.82, 2.24) is 19.4 Å². The molecule has 2 aliphatic heterocycles. The third kappa shape index (κ3) is 2.94. The van der Waals surface area contributed by atoms with Gasteiger partial charge in [-0.3, -0.25) is 14.3 Å². The number of hydrogen-bond acceptors (Lipinski definition) is 4. The van der Waals surface area contributed by atoms with Gasteiger partial charge in [0.15, 0.2) is 0 Å². The summed E-state index contributed by atoms with van der Waals surface area (Å²) in [5, 5.41) is 3.57. The Labute approximate surface area is 158 Å². The van der Waals surface area contributed by atoms with Crippen molar-refractivity contribution in [1.29, 1.82) is 0 Å². The SMILES string of the molecule is Cn1c(NC2C[C@H]3CC[C@@H](C2)N3Cc2ccccc2)nc2cc[nH]c2c1=O. The molecule has 27 heavy (non-hydrogen) atoms. The smallest absolute Gasteiger partial charge is 0.278 e. The Morgan fingerprint density at radius 3 is 2.63 bits per heavy atom. The summed E-state index contributed by atoms with van der Waals surface area (Å²) in [6.07, 6.45) is 6.50. The molecular weight excluding hydrogens is 338 g/mol. The second-order valence-electron chi connectivity index (χ2n) is 7.89. The number of anilines is 1. The van der Waals surface area contributed by atoms with Crippen molar-refractivity contribution in [2.45, 2.75) is 50.4 Å². The van der Waals surface area contributed by atoms with Crippen LogP contribution in [0.2, 0.25) is 0 Å². The predicted molar refractivity (Wildman–Crippen MR) is 107 cm³/mol. The van der Waals surface area contributed by atoms with E-state index in [2.05, 4.69) is 50.5 Å². The van der Waals surface area contributed by atoms with Gasteiger partial charge in [0.05, 0.1) is 5.52 Å². The topological polar surface area (TPSA) is 66.0 Å². The Balaban J connectivity index is 1.33. The first-order chi connectivity index (χ1) is 13.2. The lowest BCUT2D eigenvalue weighted by Crippen LogP contribution is -2.46. The van der Waals surface area contributed by atoms with Crippen LogP contribution < -0.4 is 10.9 Å². The molecule has 3 atom stereocenters. The lowest BCUT2D eigenvalue weighted by molar-refractivity contribution is 0.124. The minimum absolute atomic E-state index is 0.0306. The molecule has 2 bridgehead atoms. The van der Waals surface area contributed by atoms with Gasteiger partial charge in [-0.05, 0) is 37.3 Å². The average Bonchev–Trinajstić information content (AvgIpc) is 3.22. The van der Waals surface area contributed by atoms with Gasteiger partial charge in [0.25, 0.3) is 5.56 Å².